The van der Waals surface area contributed by atoms with Gasteiger partial charge in [0.15, 0.2) is 0 Å². The van der Waals surface area contributed by atoms with Gasteiger partial charge >= 0.3 is 12.0 Å². The zero-order valence-corrected chi connectivity index (χ0v) is 10.1. The zero-order chi connectivity index (χ0) is 13.4. The van der Waals surface area contributed by atoms with Gasteiger partial charge < -0.3 is 21.1 Å². The van der Waals surface area contributed by atoms with Crippen molar-refractivity contribution in [3.8, 4) is 0 Å². The first-order valence-electron chi connectivity index (χ1n) is 5.48. The van der Waals surface area contributed by atoms with Crippen LogP contribution in [0.1, 0.15) is 26.7 Å². The fraction of sp³-hybridized carbons (Fsp3) is 0.700. The average molecular weight is 245 g/mol. The normalized spacial score (nSPS) is 11.6. The lowest BCUT2D eigenvalue weighted by Gasteiger charge is -2.22. The van der Waals surface area contributed by atoms with Crippen molar-refractivity contribution >= 4 is 17.9 Å². The summed E-state index contributed by atoms with van der Waals surface area (Å²) < 4.78 is 0. The minimum Gasteiger partial charge on any atom is -0.480 e. The molecule has 7 nitrogen and oxygen atoms in total. The third kappa shape index (κ3) is 5.74. The molecule has 0 aromatic heterocycles. The molecule has 0 saturated heterocycles. The second-order valence-electron chi connectivity index (χ2n) is 3.52. The number of primary amides is 1. The number of rotatable bonds is 7. The zero-order valence-electron chi connectivity index (χ0n) is 10.1. The highest BCUT2D eigenvalue weighted by atomic mass is 16.4. The van der Waals surface area contributed by atoms with Crippen LogP contribution in [0.5, 0.6) is 0 Å². The number of carbonyl (C=O) groups excluding carboxylic acids is 2. The van der Waals surface area contributed by atoms with E-state index in [1.807, 2.05) is 0 Å². The maximum atomic E-state index is 11.6. The minimum absolute atomic E-state index is 0.00231. The number of nitrogens with zero attached hydrogens (tertiary/aromatic N) is 1. The Kier molecular flexibility index (Phi) is 6.69. The number of hydrogen-bond donors (Lipinski definition) is 3. The predicted octanol–water partition coefficient (Wildman–Crippen LogP) is -0.243. The maximum Gasteiger partial charge on any atom is 0.326 e. The van der Waals surface area contributed by atoms with Gasteiger partial charge in [-0.2, -0.15) is 0 Å². The van der Waals surface area contributed by atoms with Crippen molar-refractivity contribution in [3.63, 3.8) is 0 Å². The lowest BCUT2D eigenvalue weighted by molar-refractivity contribution is -0.139. The quantitative estimate of drug-likeness (QED) is 0.574. The van der Waals surface area contributed by atoms with E-state index in [9.17, 15) is 14.4 Å². The van der Waals surface area contributed by atoms with E-state index in [4.69, 9.17) is 10.8 Å². The number of aliphatic carboxylic acids is 1. The van der Waals surface area contributed by atoms with Gasteiger partial charge in [-0.05, 0) is 20.3 Å². The van der Waals surface area contributed by atoms with Crippen LogP contribution < -0.4 is 11.1 Å². The Balaban J connectivity index is 4.38. The van der Waals surface area contributed by atoms with Crippen molar-refractivity contribution in [2.75, 3.05) is 13.1 Å². The van der Waals surface area contributed by atoms with Crippen LogP contribution in [-0.2, 0) is 9.59 Å². The highest BCUT2D eigenvalue weighted by Gasteiger charge is 2.22. The Hall–Kier alpha value is -1.79. The van der Waals surface area contributed by atoms with E-state index in [1.54, 1.807) is 13.8 Å². The molecular formula is C10H19N3O4. The van der Waals surface area contributed by atoms with Gasteiger partial charge in [-0.1, -0.05) is 0 Å². The minimum atomic E-state index is -1.17. The molecule has 0 aliphatic carbocycles. The molecule has 0 aromatic rings. The van der Waals surface area contributed by atoms with E-state index in [-0.39, 0.29) is 12.8 Å². The van der Waals surface area contributed by atoms with Gasteiger partial charge in [0.1, 0.15) is 6.04 Å². The Labute approximate surface area is 100.0 Å². The average Bonchev–Trinajstić information content (AvgIpc) is 2.25. The van der Waals surface area contributed by atoms with Crippen LogP contribution in [0.4, 0.5) is 4.79 Å². The van der Waals surface area contributed by atoms with Gasteiger partial charge in [-0.25, -0.2) is 9.59 Å². The van der Waals surface area contributed by atoms with Gasteiger partial charge in [-0.3, -0.25) is 4.79 Å². The molecule has 98 valence electrons. The number of nitrogens with one attached hydrogen (secondary N) is 1. The Morgan fingerprint density at radius 1 is 1.29 bits per heavy atom. The molecule has 0 saturated carbocycles. The van der Waals surface area contributed by atoms with Crippen molar-refractivity contribution in [3.05, 3.63) is 0 Å². The summed E-state index contributed by atoms with van der Waals surface area (Å²) in [4.78, 5) is 34.5. The molecule has 17 heavy (non-hydrogen) atoms. The van der Waals surface area contributed by atoms with Crippen LogP contribution in [0.25, 0.3) is 0 Å². The summed E-state index contributed by atoms with van der Waals surface area (Å²) in [5.74, 6) is -1.76. The molecule has 0 heterocycles. The molecule has 0 aromatic carbocycles. The maximum absolute atomic E-state index is 11.6. The number of carboxylic acids is 1. The first-order chi connectivity index (χ1) is 7.92. The van der Waals surface area contributed by atoms with E-state index >= 15 is 0 Å². The third-order valence-electron chi connectivity index (χ3n) is 2.33. The largest absolute Gasteiger partial charge is 0.480 e. The molecule has 0 unspecified atom stereocenters. The van der Waals surface area contributed by atoms with Crippen molar-refractivity contribution in [2.45, 2.75) is 32.7 Å². The van der Waals surface area contributed by atoms with Crippen molar-refractivity contribution in [2.24, 2.45) is 5.73 Å². The molecular weight excluding hydrogens is 226 g/mol. The second kappa shape index (κ2) is 7.48. The summed E-state index contributed by atoms with van der Waals surface area (Å²) in [6.07, 6.45) is -0.0762. The van der Waals surface area contributed by atoms with Crippen molar-refractivity contribution in [1.29, 1.82) is 0 Å². The summed E-state index contributed by atoms with van der Waals surface area (Å²) >= 11 is 0. The van der Waals surface area contributed by atoms with Gasteiger partial charge in [0.05, 0.1) is 0 Å². The molecule has 7 heteroatoms. The number of nitrogens with two attached hydrogens (primary N) is 1. The Morgan fingerprint density at radius 3 is 2.18 bits per heavy atom. The molecule has 0 bridgehead atoms. The fourth-order valence-electron chi connectivity index (χ4n) is 1.30. The second-order valence-corrected chi connectivity index (χ2v) is 3.52. The lowest BCUT2D eigenvalue weighted by atomic mass is 10.1. The van der Waals surface area contributed by atoms with E-state index in [2.05, 4.69) is 5.32 Å². The van der Waals surface area contributed by atoms with Crippen LogP contribution in [0, 0.1) is 0 Å². The smallest absolute Gasteiger partial charge is 0.326 e. The van der Waals surface area contributed by atoms with Gasteiger partial charge in [-0.15, -0.1) is 0 Å². The summed E-state index contributed by atoms with van der Waals surface area (Å²) in [7, 11) is 0. The van der Waals surface area contributed by atoms with E-state index in [1.165, 1.54) is 4.90 Å². The molecule has 3 amide bonds. The number of carbonyl (C=O) groups is 3. The summed E-state index contributed by atoms with van der Waals surface area (Å²) in [5, 5.41) is 11.2. The Morgan fingerprint density at radius 2 is 1.82 bits per heavy atom. The van der Waals surface area contributed by atoms with Crippen LogP contribution >= 0.6 is 0 Å². The number of carboxylic acid groups (broad SMARTS) is 1. The number of hydrogen-bond acceptors (Lipinski definition) is 3. The summed E-state index contributed by atoms with van der Waals surface area (Å²) in [6.45, 7) is 4.57. The number of amides is 3. The van der Waals surface area contributed by atoms with Crippen LogP contribution in [0.2, 0.25) is 0 Å². The molecule has 0 rings (SSSR count). The lowest BCUT2D eigenvalue weighted by Crippen LogP contribution is -2.48. The van der Waals surface area contributed by atoms with Gasteiger partial charge in [0.25, 0.3) is 0 Å². The fourth-order valence-corrected chi connectivity index (χ4v) is 1.30. The third-order valence-corrected chi connectivity index (χ3v) is 2.33. The first-order valence-corrected chi connectivity index (χ1v) is 5.48. The van der Waals surface area contributed by atoms with Crippen LogP contribution in [-0.4, -0.2) is 47.0 Å². The molecule has 0 aliphatic heterocycles. The van der Waals surface area contributed by atoms with E-state index in [0.29, 0.717) is 13.1 Å². The van der Waals surface area contributed by atoms with E-state index in [0.717, 1.165) is 0 Å². The highest BCUT2D eigenvalue weighted by molar-refractivity contribution is 5.83. The van der Waals surface area contributed by atoms with Crippen LogP contribution in [0.15, 0.2) is 0 Å². The molecule has 0 fully saturated rings. The summed E-state index contributed by atoms with van der Waals surface area (Å²) in [5.41, 5.74) is 4.93. The predicted molar refractivity (Wildman–Crippen MR) is 61.3 cm³/mol. The topological polar surface area (TPSA) is 113 Å². The van der Waals surface area contributed by atoms with E-state index < -0.39 is 23.9 Å². The van der Waals surface area contributed by atoms with Crippen molar-refractivity contribution < 1.29 is 19.5 Å². The van der Waals surface area contributed by atoms with Crippen molar-refractivity contribution in [1.82, 2.24) is 10.2 Å². The molecule has 4 N–H and O–H groups in total. The molecule has 1 atom stereocenters. The Bertz CT molecular complexity index is 289. The SMILES string of the molecule is CCN(CC)C(=O)N[C@H](CCC(N)=O)C(=O)O. The standard InChI is InChI=1S/C10H19N3O4/c1-3-13(4-2)10(17)12-7(9(15)16)5-6-8(11)14/h7H,3-6H2,1-2H3,(H2,11,14)(H,12,17)(H,15,16)/t7-/m1/s1. The van der Waals surface area contributed by atoms with Gasteiger partial charge in [0.2, 0.25) is 5.91 Å². The molecule has 0 aliphatic rings. The highest BCUT2D eigenvalue weighted by Crippen LogP contribution is 1.99. The summed E-state index contributed by atoms with van der Waals surface area (Å²) in [6, 6.07) is -1.54. The first kappa shape index (κ1) is 15.2. The van der Waals surface area contributed by atoms with Gasteiger partial charge in [0, 0.05) is 19.5 Å². The molecule has 0 radical (unpaired) electrons. The number of urea groups is 1. The molecule has 0 spiro atoms. The monoisotopic (exact) mass is 245 g/mol. The van der Waals surface area contributed by atoms with Crippen LogP contribution in [0.3, 0.4) is 0 Å².